The van der Waals surface area contributed by atoms with E-state index in [9.17, 15) is 0 Å². The van der Waals surface area contributed by atoms with E-state index in [4.69, 9.17) is 19.7 Å². The number of rotatable bonds is 5. The van der Waals surface area contributed by atoms with Crippen LogP contribution in [-0.4, -0.2) is 29.7 Å². The summed E-state index contributed by atoms with van der Waals surface area (Å²) in [4.78, 5) is 0. The fraction of sp³-hybridized carbons (Fsp3) is 0.714. The first-order valence-electron chi connectivity index (χ1n) is 3.53. The van der Waals surface area contributed by atoms with E-state index in [1.807, 2.05) is 0 Å². The number of aliphatic hydroxyl groups is 2. The molecule has 0 amide bonds. The molecule has 66 valence electrons. The van der Waals surface area contributed by atoms with Gasteiger partial charge < -0.3 is 19.7 Å². The van der Waals surface area contributed by atoms with Gasteiger partial charge in [0.2, 0.25) is 0 Å². The highest BCUT2D eigenvalue weighted by molar-refractivity contribution is 4.82. The van der Waals surface area contributed by atoms with Crippen LogP contribution < -0.4 is 0 Å². The molecule has 2 N–H and O–H groups in total. The molecule has 0 aromatic rings. The van der Waals surface area contributed by atoms with E-state index < -0.39 is 12.2 Å². The Hall–Kier alpha value is -0.740. The predicted octanol–water partition coefficient (Wildman–Crippen LogP) is 1.34. The second kappa shape index (κ2) is 6.00. The van der Waals surface area contributed by atoms with E-state index in [-0.39, 0.29) is 0 Å². The highest BCUT2D eigenvalue weighted by Crippen LogP contribution is 1.98. The van der Waals surface area contributed by atoms with Gasteiger partial charge in [0.25, 0.3) is 5.95 Å². The van der Waals surface area contributed by atoms with Crippen LogP contribution in [0.15, 0.2) is 12.0 Å². The van der Waals surface area contributed by atoms with Gasteiger partial charge in [0.1, 0.15) is 0 Å². The van der Waals surface area contributed by atoms with Crippen molar-refractivity contribution < 1.29 is 19.7 Å². The maximum atomic E-state index is 8.43. The highest BCUT2D eigenvalue weighted by atomic mass is 16.7. The molecule has 11 heavy (non-hydrogen) atoms. The van der Waals surface area contributed by atoms with Gasteiger partial charge in [-0.3, -0.25) is 0 Å². The van der Waals surface area contributed by atoms with Crippen molar-refractivity contribution in [1.82, 2.24) is 0 Å². The largest absolute Gasteiger partial charge is 0.481 e. The smallest absolute Gasteiger partial charge is 0.275 e. The van der Waals surface area contributed by atoms with Crippen molar-refractivity contribution in [1.29, 1.82) is 0 Å². The summed E-state index contributed by atoms with van der Waals surface area (Å²) in [7, 11) is 0. The molecule has 0 aliphatic rings. The van der Waals surface area contributed by atoms with Gasteiger partial charge >= 0.3 is 0 Å². The summed E-state index contributed by atoms with van der Waals surface area (Å²) in [5, 5.41) is 16.9. The minimum Gasteiger partial charge on any atom is -0.481 e. The summed E-state index contributed by atoms with van der Waals surface area (Å²) < 4.78 is 9.95. The third-order valence-electron chi connectivity index (χ3n) is 0.947. The summed E-state index contributed by atoms with van der Waals surface area (Å²) >= 11 is 0. The molecule has 0 aromatic heterocycles. The van der Waals surface area contributed by atoms with Crippen LogP contribution in [0.1, 0.15) is 13.8 Å². The molecular weight excluding hydrogens is 148 g/mol. The average Bonchev–Trinajstić information content (AvgIpc) is 1.87. The van der Waals surface area contributed by atoms with E-state index in [2.05, 4.69) is 0 Å². The Morgan fingerprint density at radius 3 is 2.00 bits per heavy atom. The molecule has 0 aliphatic heterocycles. The molecule has 0 atom stereocenters. The quantitative estimate of drug-likeness (QED) is 0.473. The van der Waals surface area contributed by atoms with Crippen molar-refractivity contribution in [2.75, 3.05) is 13.2 Å². The first kappa shape index (κ1) is 10.3. The van der Waals surface area contributed by atoms with Crippen LogP contribution in [0, 0.1) is 0 Å². The summed E-state index contributed by atoms with van der Waals surface area (Å²) in [6.07, 6.45) is 0.433. The van der Waals surface area contributed by atoms with Crippen LogP contribution in [-0.2, 0) is 9.47 Å². The average molecular weight is 162 g/mol. The first-order valence-corrected chi connectivity index (χ1v) is 3.53. The Balaban J connectivity index is 3.78. The first-order chi connectivity index (χ1) is 5.20. The summed E-state index contributed by atoms with van der Waals surface area (Å²) in [6.45, 7) is 4.53. The monoisotopic (exact) mass is 162 g/mol. The molecular formula is C7H14O4. The fourth-order valence-corrected chi connectivity index (χ4v) is 0.595. The van der Waals surface area contributed by atoms with Gasteiger partial charge in [-0.1, -0.05) is 0 Å². The van der Waals surface area contributed by atoms with Gasteiger partial charge in [0.05, 0.1) is 6.08 Å². The van der Waals surface area contributed by atoms with Crippen LogP contribution in [0.2, 0.25) is 0 Å². The molecule has 4 heteroatoms. The molecule has 0 rings (SSSR count). The van der Waals surface area contributed by atoms with Crippen molar-refractivity contribution in [3.63, 3.8) is 0 Å². The van der Waals surface area contributed by atoms with Crippen molar-refractivity contribution in [2.45, 2.75) is 20.1 Å². The Morgan fingerprint density at radius 1 is 1.27 bits per heavy atom. The van der Waals surface area contributed by atoms with Crippen LogP contribution in [0.4, 0.5) is 0 Å². The number of hydrogen-bond donors (Lipinski definition) is 2. The Labute approximate surface area is 66.1 Å². The van der Waals surface area contributed by atoms with Gasteiger partial charge in [-0.05, 0) is 13.8 Å². The maximum Gasteiger partial charge on any atom is 0.275 e. The summed E-state index contributed by atoms with van der Waals surface area (Å²) in [5.74, 6) is -0.781. The standard InChI is InChI=1S/C7H14O4/c1-3-10-7(11-4-2)5-6(8)9/h5,7-9H,3-4H2,1-2H3. The van der Waals surface area contributed by atoms with E-state index in [1.165, 1.54) is 0 Å². The minimum atomic E-state index is -0.781. The van der Waals surface area contributed by atoms with Crippen molar-refractivity contribution >= 4 is 0 Å². The lowest BCUT2D eigenvalue weighted by atomic mass is 10.5. The van der Waals surface area contributed by atoms with Crippen molar-refractivity contribution in [2.24, 2.45) is 0 Å². The van der Waals surface area contributed by atoms with E-state index >= 15 is 0 Å². The second-order valence-electron chi connectivity index (χ2n) is 1.80. The minimum absolute atomic E-state index is 0.467. The van der Waals surface area contributed by atoms with Crippen LogP contribution in [0.25, 0.3) is 0 Å². The van der Waals surface area contributed by atoms with E-state index in [1.54, 1.807) is 13.8 Å². The fourth-order valence-electron chi connectivity index (χ4n) is 0.595. The molecule has 0 aliphatic carbocycles. The molecule has 0 saturated carbocycles. The third-order valence-corrected chi connectivity index (χ3v) is 0.947. The topological polar surface area (TPSA) is 58.9 Å². The predicted molar refractivity (Wildman–Crippen MR) is 40.4 cm³/mol. The number of aliphatic hydroxyl groups excluding tert-OH is 1. The lowest BCUT2D eigenvalue weighted by Gasteiger charge is -2.11. The molecule has 0 aromatic carbocycles. The third kappa shape index (κ3) is 5.69. The molecule has 0 radical (unpaired) electrons. The molecule has 4 nitrogen and oxygen atoms in total. The van der Waals surface area contributed by atoms with E-state index in [0.29, 0.717) is 13.2 Å². The van der Waals surface area contributed by atoms with Crippen molar-refractivity contribution in [3.8, 4) is 0 Å². The van der Waals surface area contributed by atoms with Gasteiger partial charge in [0, 0.05) is 13.2 Å². The molecule has 0 bridgehead atoms. The Bertz CT molecular complexity index is 112. The van der Waals surface area contributed by atoms with Gasteiger partial charge in [0.15, 0.2) is 6.29 Å². The van der Waals surface area contributed by atoms with Crippen molar-refractivity contribution in [3.05, 3.63) is 12.0 Å². The van der Waals surface area contributed by atoms with Gasteiger partial charge in [-0.25, -0.2) is 0 Å². The number of ether oxygens (including phenoxy) is 2. The van der Waals surface area contributed by atoms with Gasteiger partial charge in [-0.2, -0.15) is 0 Å². The Kier molecular flexibility index (Phi) is 5.60. The molecule has 0 fully saturated rings. The zero-order valence-electron chi connectivity index (χ0n) is 6.78. The van der Waals surface area contributed by atoms with Crippen LogP contribution in [0.3, 0.4) is 0 Å². The second-order valence-corrected chi connectivity index (χ2v) is 1.80. The summed E-state index contributed by atoms with van der Waals surface area (Å²) in [6, 6.07) is 0. The maximum absolute atomic E-state index is 8.43. The molecule has 0 spiro atoms. The Morgan fingerprint density at radius 2 is 1.73 bits per heavy atom. The molecule has 0 unspecified atom stereocenters. The van der Waals surface area contributed by atoms with E-state index in [0.717, 1.165) is 6.08 Å². The zero-order chi connectivity index (χ0) is 8.69. The highest BCUT2D eigenvalue weighted by Gasteiger charge is 2.04. The molecule has 0 heterocycles. The lowest BCUT2D eigenvalue weighted by molar-refractivity contribution is -0.107. The lowest BCUT2D eigenvalue weighted by Crippen LogP contribution is -2.15. The van der Waals surface area contributed by atoms with Crippen LogP contribution >= 0.6 is 0 Å². The molecule has 0 saturated heterocycles. The normalized spacial score (nSPS) is 10.1. The van der Waals surface area contributed by atoms with Gasteiger partial charge in [-0.15, -0.1) is 0 Å². The number of hydrogen-bond acceptors (Lipinski definition) is 4. The zero-order valence-corrected chi connectivity index (χ0v) is 6.78. The van der Waals surface area contributed by atoms with Crippen LogP contribution in [0.5, 0.6) is 0 Å². The summed E-state index contributed by atoms with van der Waals surface area (Å²) in [5.41, 5.74) is 0. The SMILES string of the molecule is CCOC(C=C(O)O)OCC.